The van der Waals surface area contributed by atoms with E-state index in [1.807, 2.05) is 11.8 Å². The maximum Gasteiger partial charge on any atom is 0.230 e. The molecule has 0 saturated carbocycles. The maximum absolute atomic E-state index is 11.7. The number of hydrogen-bond acceptors (Lipinski definition) is 4. The van der Waals surface area contributed by atoms with E-state index in [4.69, 9.17) is 10.9 Å². The van der Waals surface area contributed by atoms with Crippen molar-refractivity contribution in [1.82, 2.24) is 4.90 Å². The van der Waals surface area contributed by atoms with Gasteiger partial charge in [-0.2, -0.15) is 11.8 Å². The van der Waals surface area contributed by atoms with Gasteiger partial charge in [0, 0.05) is 23.6 Å². The van der Waals surface area contributed by atoms with E-state index < -0.39 is 0 Å². The predicted molar refractivity (Wildman–Crippen MR) is 61.1 cm³/mol. The van der Waals surface area contributed by atoms with Gasteiger partial charge >= 0.3 is 0 Å². The summed E-state index contributed by atoms with van der Waals surface area (Å²) >= 11 is 1.86. The lowest BCUT2D eigenvalue weighted by Crippen LogP contribution is -2.47. The summed E-state index contributed by atoms with van der Waals surface area (Å²) < 4.78 is 0.0963. The van der Waals surface area contributed by atoms with Crippen molar-refractivity contribution in [3.8, 4) is 0 Å². The molecule has 0 aromatic carbocycles. The van der Waals surface area contributed by atoms with Crippen molar-refractivity contribution in [2.45, 2.75) is 25.0 Å². The highest BCUT2D eigenvalue weighted by atomic mass is 32.2. The first-order valence-electron chi connectivity index (χ1n) is 4.83. The number of carbonyl (C=O) groups excluding carboxylic acids is 1. The van der Waals surface area contributed by atoms with Crippen LogP contribution in [0.3, 0.4) is 0 Å². The first-order valence-corrected chi connectivity index (χ1v) is 5.81. The van der Waals surface area contributed by atoms with Crippen LogP contribution in [0, 0.1) is 0 Å². The molecule has 0 unspecified atom stereocenters. The molecule has 0 aliphatic carbocycles. The minimum absolute atomic E-state index is 0.00273. The molecule has 1 aliphatic rings. The number of thioether (sulfide) groups is 1. The molecule has 0 aromatic rings. The van der Waals surface area contributed by atoms with Crippen LogP contribution < -0.4 is 5.73 Å². The fourth-order valence-electron chi connectivity index (χ4n) is 1.53. The second-order valence-corrected chi connectivity index (χ2v) is 5.99. The van der Waals surface area contributed by atoms with Crippen molar-refractivity contribution in [2.24, 2.45) is 10.9 Å². The van der Waals surface area contributed by atoms with Crippen molar-refractivity contribution in [2.75, 3.05) is 18.8 Å². The Morgan fingerprint density at radius 2 is 2.33 bits per heavy atom. The van der Waals surface area contributed by atoms with Gasteiger partial charge in [0.05, 0.1) is 6.42 Å². The third-order valence-corrected chi connectivity index (χ3v) is 3.54. The fourth-order valence-corrected chi connectivity index (χ4v) is 2.64. The van der Waals surface area contributed by atoms with E-state index in [1.54, 1.807) is 4.90 Å². The molecule has 3 N–H and O–H groups in total. The largest absolute Gasteiger partial charge is 0.409 e. The minimum Gasteiger partial charge on any atom is -0.409 e. The highest BCUT2D eigenvalue weighted by Gasteiger charge is 2.29. The molecular formula is C9H17N3O2S. The molecule has 1 heterocycles. The van der Waals surface area contributed by atoms with E-state index in [-0.39, 0.29) is 22.9 Å². The number of nitrogens with two attached hydrogens (primary N) is 1. The van der Waals surface area contributed by atoms with Crippen LogP contribution in [-0.2, 0) is 4.79 Å². The van der Waals surface area contributed by atoms with Gasteiger partial charge < -0.3 is 15.8 Å². The van der Waals surface area contributed by atoms with E-state index in [9.17, 15) is 4.79 Å². The van der Waals surface area contributed by atoms with Crippen LogP contribution in [0.5, 0.6) is 0 Å². The van der Waals surface area contributed by atoms with Crippen LogP contribution in [0.2, 0.25) is 0 Å². The van der Waals surface area contributed by atoms with Crippen LogP contribution in [0.15, 0.2) is 5.16 Å². The number of nitrogens with zero attached hydrogens (tertiary/aromatic N) is 2. The number of amidine groups is 1. The summed E-state index contributed by atoms with van der Waals surface area (Å²) in [5.41, 5.74) is 5.30. The first kappa shape index (κ1) is 12.2. The lowest BCUT2D eigenvalue weighted by molar-refractivity contribution is -0.130. The molecule has 6 heteroatoms. The standard InChI is InChI=1S/C9H17N3O2S/c1-9(2)6-12(3-4-15-9)8(13)5-7(10)11-14/h14H,3-6H2,1-2H3,(H2,10,11). The Balaban J connectivity index is 2.53. The highest BCUT2D eigenvalue weighted by Crippen LogP contribution is 2.29. The van der Waals surface area contributed by atoms with Gasteiger partial charge in [0.25, 0.3) is 0 Å². The molecule has 1 rings (SSSR count). The van der Waals surface area contributed by atoms with Gasteiger partial charge in [-0.25, -0.2) is 0 Å². The van der Waals surface area contributed by atoms with Gasteiger partial charge in [-0.05, 0) is 13.8 Å². The third-order valence-electron chi connectivity index (χ3n) is 2.24. The summed E-state index contributed by atoms with van der Waals surface area (Å²) in [6.45, 7) is 5.68. The molecule has 0 bridgehead atoms. The summed E-state index contributed by atoms with van der Waals surface area (Å²) in [5.74, 6) is 0.837. The quantitative estimate of drug-likeness (QED) is 0.313. The average molecular weight is 231 g/mol. The lowest BCUT2D eigenvalue weighted by atomic mass is 10.1. The van der Waals surface area contributed by atoms with Gasteiger partial charge in [0.1, 0.15) is 5.84 Å². The second kappa shape index (κ2) is 4.74. The normalized spacial score (nSPS) is 21.5. The molecule has 1 saturated heterocycles. The van der Waals surface area contributed by atoms with Gasteiger partial charge in [-0.15, -0.1) is 0 Å². The predicted octanol–water partition coefficient (Wildman–Crippen LogP) is 0.477. The number of oxime groups is 1. The maximum atomic E-state index is 11.7. The van der Waals surface area contributed by atoms with Crippen LogP contribution in [0.1, 0.15) is 20.3 Å². The molecule has 5 nitrogen and oxygen atoms in total. The molecule has 0 spiro atoms. The van der Waals surface area contributed by atoms with Crippen molar-refractivity contribution in [3.63, 3.8) is 0 Å². The lowest BCUT2D eigenvalue weighted by Gasteiger charge is -2.37. The van der Waals surface area contributed by atoms with E-state index in [1.165, 1.54) is 0 Å². The van der Waals surface area contributed by atoms with Crippen molar-refractivity contribution >= 4 is 23.5 Å². The Morgan fingerprint density at radius 3 is 2.87 bits per heavy atom. The number of carbonyl (C=O) groups is 1. The molecule has 1 fully saturated rings. The Bertz CT molecular complexity index is 279. The summed E-state index contributed by atoms with van der Waals surface area (Å²) in [7, 11) is 0. The summed E-state index contributed by atoms with van der Waals surface area (Å²) in [4.78, 5) is 13.5. The molecule has 0 radical (unpaired) electrons. The molecule has 1 amide bonds. The van der Waals surface area contributed by atoms with Crippen LogP contribution >= 0.6 is 11.8 Å². The van der Waals surface area contributed by atoms with Crippen LogP contribution in [-0.4, -0.2) is 45.4 Å². The third kappa shape index (κ3) is 3.62. The summed E-state index contributed by atoms with van der Waals surface area (Å²) in [6, 6.07) is 0. The minimum atomic E-state index is -0.0707. The average Bonchev–Trinajstić information content (AvgIpc) is 2.16. The van der Waals surface area contributed by atoms with E-state index >= 15 is 0 Å². The van der Waals surface area contributed by atoms with Crippen molar-refractivity contribution in [1.29, 1.82) is 0 Å². The summed E-state index contributed by atoms with van der Waals surface area (Å²) in [6.07, 6.45) is -0.00273. The number of rotatable bonds is 2. The Kier molecular flexibility index (Phi) is 3.84. The van der Waals surface area contributed by atoms with Crippen molar-refractivity contribution < 1.29 is 10.0 Å². The second-order valence-electron chi connectivity index (χ2n) is 4.19. The SMILES string of the molecule is CC1(C)CN(C(=O)CC(N)=NO)CCS1. The van der Waals surface area contributed by atoms with Gasteiger partial charge in [0.2, 0.25) is 5.91 Å². The zero-order valence-electron chi connectivity index (χ0n) is 9.06. The van der Waals surface area contributed by atoms with Crippen LogP contribution in [0.25, 0.3) is 0 Å². The molecule has 0 aromatic heterocycles. The monoisotopic (exact) mass is 231 g/mol. The van der Waals surface area contributed by atoms with Gasteiger partial charge in [-0.1, -0.05) is 5.16 Å². The molecule has 86 valence electrons. The topological polar surface area (TPSA) is 78.9 Å². The van der Waals surface area contributed by atoms with Gasteiger partial charge in [0.15, 0.2) is 0 Å². The molecule has 15 heavy (non-hydrogen) atoms. The highest BCUT2D eigenvalue weighted by molar-refractivity contribution is 8.00. The fraction of sp³-hybridized carbons (Fsp3) is 0.778. The van der Waals surface area contributed by atoms with Crippen molar-refractivity contribution in [3.05, 3.63) is 0 Å². The zero-order chi connectivity index (χ0) is 11.5. The molecular weight excluding hydrogens is 214 g/mol. The Hall–Kier alpha value is -0.910. The zero-order valence-corrected chi connectivity index (χ0v) is 9.88. The number of amides is 1. The molecule has 0 atom stereocenters. The van der Waals surface area contributed by atoms with E-state index in [2.05, 4.69) is 19.0 Å². The van der Waals surface area contributed by atoms with Gasteiger partial charge in [-0.3, -0.25) is 4.79 Å². The Morgan fingerprint density at radius 1 is 1.67 bits per heavy atom. The first-order chi connectivity index (χ1) is 6.94. The van der Waals surface area contributed by atoms with E-state index in [0.717, 1.165) is 18.8 Å². The summed E-state index contributed by atoms with van der Waals surface area (Å²) in [5, 5.41) is 11.2. The molecule has 1 aliphatic heterocycles. The Labute approximate surface area is 93.7 Å². The van der Waals surface area contributed by atoms with E-state index in [0.29, 0.717) is 0 Å². The number of hydrogen-bond donors (Lipinski definition) is 2. The van der Waals surface area contributed by atoms with Crippen LogP contribution in [0.4, 0.5) is 0 Å². The smallest absolute Gasteiger partial charge is 0.230 e.